The normalized spacial score (nSPS) is 26.7. The van der Waals surface area contributed by atoms with E-state index in [4.69, 9.17) is 27.9 Å². The molecule has 2 heterocycles. The van der Waals surface area contributed by atoms with Crippen molar-refractivity contribution in [2.45, 2.75) is 64.8 Å². The number of aliphatic carboxylic acids is 1. The number of ether oxygens (including phenoxy) is 1. The van der Waals surface area contributed by atoms with Gasteiger partial charge in [-0.15, -0.1) is 0 Å². The molecule has 5 N–H and O–H groups in total. The Labute approximate surface area is 249 Å². The van der Waals surface area contributed by atoms with Crippen molar-refractivity contribution in [1.29, 1.82) is 0 Å². The first-order valence-corrected chi connectivity index (χ1v) is 14.7. The van der Waals surface area contributed by atoms with Crippen LogP contribution in [0.15, 0.2) is 23.5 Å². The zero-order valence-electron chi connectivity index (χ0n) is 24.2. The summed E-state index contributed by atoms with van der Waals surface area (Å²) in [7, 11) is 1.25. The maximum absolute atomic E-state index is 14.3. The number of carboxylic acids is 1. The summed E-state index contributed by atoms with van der Waals surface area (Å²) < 4.78 is 33.2. The highest BCUT2D eigenvalue weighted by Crippen LogP contribution is 2.46. The Morgan fingerprint density at radius 3 is 2.57 bits per heavy atom. The van der Waals surface area contributed by atoms with Crippen LogP contribution >= 0.6 is 11.6 Å². The zero-order chi connectivity index (χ0) is 30.9. The van der Waals surface area contributed by atoms with Gasteiger partial charge in [0, 0.05) is 43.2 Å². The number of amides is 2. The minimum absolute atomic E-state index is 0.0354. The maximum atomic E-state index is 14.3. The van der Waals surface area contributed by atoms with E-state index in [9.17, 15) is 28.3 Å². The van der Waals surface area contributed by atoms with E-state index in [1.165, 1.54) is 7.05 Å². The number of rotatable bonds is 9. The Hall–Kier alpha value is -3.12. The second kappa shape index (κ2) is 12.6. The van der Waals surface area contributed by atoms with Crippen molar-refractivity contribution < 1.29 is 33.0 Å². The molecule has 1 saturated carbocycles. The molecule has 232 valence electrons. The minimum atomic E-state index is -2.93. The van der Waals surface area contributed by atoms with Crippen molar-refractivity contribution >= 4 is 29.4 Å². The number of carboxylic acid groups (broad SMARTS) is 1. The van der Waals surface area contributed by atoms with Gasteiger partial charge in [-0.05, 0) is 50.3 Å². The zero-order valence-corrected chi connectivity index (χ0v) is 25.0. The van der Waals surface area contributed by atoms with Crippen molar-refractivity contribution in [3.63, 3.8) is 0 Å². The standard InChI is InChI=1S/C29H40ClF2N5O5/c1-16-9-12-36(26(16)38)14-21-23-17(10-13-37(21)27(39)18-6-4-5-11-29(18,2)28(40)41)19(30)7-8-22(23)42-15-20(33)24(25(31)32)35(3)34/h7-8,16,18,21,25H,4-6,9-15,33-34H2,1-3H3,(H,40,41)/b24-20-/t16-,18-,21+,29-/m0/s1. The molecule has 0 spiro atoms. The van der Waals surface area contributed by atoms with Gasteiger partial charge in [0.1, 0.15) is 18.1 Å². The number of carbonyl (C=O) groups excluding carboxylic acids is 2. The molecule has 3 aliphatic rings. The van der Waals surface area contributed by atoms with Crippen LogP contribution in [0.3, 0.4) is 0 Å². The van der Waals surface area contributed by atoms with Crippen LogP contribution in [0.5, 0.6) is 5.75 Å². The highest BCUT2D eigenvalue weighted by Gasteiger charge is 2.50. The number of halogens is 3. The number of likely N-dealkylation sites (tertiary alicyclic amines) is 1. The molecule has 0 bridgehead atoms. The molecule has 0 radical (unpaired) electrons. The lowest BCUT2D eigenvalue weighted by molar-refractivity contribution is -0.162. The number of nitrogens with zero attached hydrogens (tertiary/aromatic N) is 3. The van der Waals surface area contributed by atoms with Gasteiger partial charge in [-0.3, -0.25) is 14.4 Å². The molecule has 13 heteroatoms. The van der Waals surface area contributed by atoms with E-state index in [-0.39, 0.29) is 42.3 Å². The fraction of sp³-hybridized carbons (Fsp3) is 0.621. The Morgan fingerprint density at radius 1 is 1.26 bits per heavy atom. The average Bonchev–Trinajstić information content (AvgIpc) is 3.24. The topological polar surface area (TPSA) is 142 Å². The molecule has 0 unspecified atom stereocenters. The van der Waals surface area contributed by atoms with Gasteiger partial charge in [-0.1, -0.05) is 31.4 Å². The molecule has 2 fully saturated rings. The summed E-state index contributed by atoms with van der Waals surface area (Å²) in [6, 6.07) is 2.54. The van der Waals surface area contributed by atoms with E-state index in [0.717, 1.165) is 23.4 Å². The summed E-state index contributed by atoms with van der Waals surface area (Å²) in [5.41, 5.74) is 5.19. The third kappa shape index (κ3) is 6.01. The van der Waals surface area contributed by atoms with E-state index >= 15 is 0 Å². The molecule has 1 aromatic rings. The first-order chi connectivity index (χ1) is 19.8. The first kappa shape index (κ1) is 31.8. The van der Waals surface area contributed by atoms with E-state index < -0.39 is 42.1 Å². The molecule has 1 saturated heterocycles. The molecule has 0 aromatic heterocycles. The Kier molecular flexibility index (Phi) is 9.56. The molecule has 42 heavy (non-hydrogen) atoms. The second-order valence-electron chi connectivity index (χ2n) is 11.8. The van der Waals surface area contributed by atoms with E-state index in [0.29, 0.717) is 42.8 Å². The lowest BCUT2D eigenvalue weighted by Gasteiger charge is -2.45. The van der Waals surface area contributed by atoms with Crippen molar-refractivity contribution in [2.24, 2.45) is 28.8 Å². The van der Waals surface area contributed by atoms with Gasteiger partial charge in [0.2, 0.25) is 11.8 Å². The minimum Gasteiger partial charge on any atom is -0.487 e. The molecule has 10 nitrogen and oxygen atoms in total. The summed E-state index contributed by atoms with van der Waals surface area (Å²) in [5.74, 6) is 3.62. The van der Waals surface area contributed by atoms with Crippen molar-refractivity contribution in [3.8, 4) is 5.75 Å². The van der Waals surface area contributed by atoms with Crippen LogP contribution in [0.4, 0.5) is 8.78 Å². The predicted octanol–water partition coefficient (Wildman–Crippen LogP) is 3.54. The van der Waals surface area contributed by atoms with E-state index in [1.807, 2.05) is 6.92 Å². The van der Waals surface area contributed by atoms with Gasteiger partial charge in [-0.2, -0.15) is 0 Å². The Morgan fingerprint density at radius 2 is 1.98 bits per heavy atom. The van der Waals surface area contributed by atoms with Crippen LogP contribution in [-0.4, -0.2) is 77.4 Å². The maximum Gasteiger partial charge on any atom is 0.310 e. The number of carbonyl (C=O) groups is 3. The van der Waals surface area contributed by atoms with Crippen LogP contribution in [0.2, 0.25) is 5.02 Å². The van der Waals surface area contributed by atoms with Gasteiger partial charge in [-0.25, -0.2) is 14.6 Å². The lowest BCUT2D eigenvalue weighted by Crippen LogP contribution is -2.52. The summed E-state index contributed by atoms with van der Waals surface area (Å²) in [5, 5.41) is 11.3. The highest BCUT2D eigenvalue weighted by molar-refractivity contribution is 6.31. The number of allylic oxidation sites excluding steroid dienone is 1. The first-order valence-electron chi connectivity index (χ1n) is 14.3. The van der Waals surface area contributed by atoms with Crippen molar-refractivity contribution in [1.82, 2.24) is 14.8 Å². The number of hydrogen-bond acceptors (Lipinski definition) is 7. The summed E-state index contributed by atoms with van der Waals surface area (Å²) in [6.45, 7) is 4.03. The molecule has 4 rings (SSSR count). The number of hydrazine groups is 1. The lowest BCUT2D eigenvalue weighted by atomic mass is 9.66. The number of benzene rings is 1. The largest absolute Gasteiger partial charge is 0.487 e. The molecule has 4 atom stereocenters. The van der Waals surface area contributed by atoms with E-state index in [1.54, 1.807) is 28.9 Å². The Balaban J connectivity index is 1.77. The molecule has 2 amide bonds. The molecule has 2 aliphatic heterocycles. The molecule has 1 aromatic carbocycles. The van der Waals surface area contributed by atoms with Gasteiger partial charge >= 0.3 is 5.97 Å². The quantitative estimate of drug-likeness (QED) is 0.284. The molecular formula is C29H40ClF2N5O5. The molecule has 1 aliphatic carbocycles. The van der Waals surface area contributed by atoms with Gasteiger partial charge in [0.05, 0.1) is 23.1 Å². The summed E-state index contributed by atoms with van der Waals surface area (Å²) in [6.07, 6.45) is 0.420. The number of hydrogen-bond donors (Lipinski definition) is 3. The smallest absolute Gasteiger partial charge is 0.310 e. The van der Waals surface area contributed by atoms with Crippen LogP contribution < -0.4 is 16.3 Å². The summed E-state index contributed by atoms with van der Waals surface area (Å²) >= 11 is 6.63. The fourth-order valence-electron chi connectivity index (χ4n) is 6.58. The van der Waals surface area contributed by atoms with Crippen LogP contribution in [0.25, 0.3) is 0 Å². The average molecular weight is 612 g/mol. The third-order valence-electron chi connectivity index (χ3n) is 9.11. The predicted molar refractivity (Wildman–Crippen MR) is 152 cm³/mol. The second-order valence-corrected chi connectivity index (χ2v) is 12.2. The van der Waals surface area contributed by atoms with Gasteiger partial charge in [0.25, 0.3) is 6.43 Å². The number of fused-ring (bicyclic) bond motifs is 1. The number of alkyl halides is 2. The summed E-state index contributed by atoms with van der Waals surface area (Å²) in [4.78, 5) is 43.0. The highest BCUT2D eigenvalue weighted by atomic mass is 35.5. The van der Waals surface area contributed by atoms with Crippen LogP contribution in [0, 0.1) is 17.3 Å². The van der Waals surface area contributed by atoms with E-state index in [2.05, 4.69) is 0 Å². The van der Waals surface area contributed by atoms with Crippen LogP contribution in [-0.2, 0) is 20.8 Å². The Bertz CT molecular complexity index is 1250. The monoisotopic (exact) mass is 611 g/mol. The number of nitrogens with two attached hydrogens (primary N) is 2. The fourth-order valence-corrected chi connectivity index (χ4v) is 6.84. The van der Waals surface area contributed by atoms with Crippen molar-refractivity contribution in [2.75, 3.05) is 33.3 Å². The molecular weight excluding hydrogens is 572 g/mol. The SMILES string of the molecule is C[C@H]1CCN(C[C@@H]2c3c(OC/C(N)=C(\C(F)F)N(C)N)ccc(Cl)c3CCN2C(=O)[C@@H]2CCCC[C@]2(C)C(=O)O)C1=O. The van der Waals surface area contributed by atoms with Gasteiger partial charge < -0.3 is 30.4 Å². The van der Waals surface area contributed by atoms with Gasteiger partial charge in [0.15, 0.2) is 0 Å². The third-order valence-corrected chi connectivity index (χ3v) is 9.46. The van der Waals surface area contributed by atoms with Crippen molar-refractivity contribution in [3.05, 3.63) is 39.7 Å². The van der Waals surface area contributed by atoms with Crippen LogP contribution in [0.1, 0.15) is 63.1 Å².